The van der Waals surface area contributed by atoms with Crippen molar-refractivity contribution in [1.82, 2.24) is 24.0 Å². The first kappa shape index (κ1) is 28.1. The van der Waals surface area contributed by atoms with Crippen LogP contribution in [0.3, 0.4) is 0 Å². The van der Waals surface area contributed by atoms with Crippen molar-refractivity contribution in [2.45, 2.75) is 77.0 Å². The minimum Gasteiger partial charge on any atom is -0.384 e. The predicted molar refractivity (Wildman–Crippen MR) is 167 cm³/mol. The molecule has 226 valence electrons. The van der Waals surface area contributed by atoms with Gasteiger partial charge in [-0.25, -0.2) is 4.52 Å². The number of amides is 2. The SMILES string of the molecule is Cc1c(-c2cc3cccc(C4CCN(C(=O)C(C)O)CC4)c3n2CC2CC2)nn2cc(C(=O)N3CCC[C@@H](N)C3)ccc12. The van der Waals surface area contributed by atoms with Gasteiger partial charge in [0.1, 0.15) is 11.8 Å². The van der Waals surface area contributed by atoms with Gasteiger partial charge in [-0.1, -0.05) is 18.2 Å². The number of carbonyl (C=O) groups is 2. The summed E-state index contributed by atoms with van der Waals surface area (Å²) in [6.07, 6.45) is 7.07. The van der Waals surface area contributed by atoms with Crippen LogP contribution in [0.15, 0.2) is 42.6 Å². The molecular weight excluding hydrogens is 540 g/mol. The summed E-state index contributed by atoms with van der Waals surface area (Å²) in [5.74, 6) is 0.856. The van der Waals surface area contributed by atoms with E-state index in [-0.39, 0.29) is 17.9 Å². The molecule has 43 heavy (non-hydrogen) atoms. The molecule has 0 radical (unpaired) electrons. The minimum absolute atomic E-state index is 0.0143. The van der Waals surface area contributed by atoms with E-state index in [1.807, 2.05) is 27.7 Å². The first-order valence-corrected chi connectivity index (χ1v) is 15.9. The molecule has 7 rings (SSSR count). The molecule has 2 saturated heterocycles. The second-order valence-electron chi connectivity index (χ2n) is 13.0. The highest BCUT2D eigenvalue weighted by Crippen LogP contribution is 2.41. The average Bonchev–Trinajstić information content (AvgIpc) is 3.68. The van der Waals surface area contributed by atoms with E-state index < -0.39 is 6.10 Å². The second kappa shape index (κ2) is 11.1. The van der Waals surface area contributed by atoms with Crippen LogP contribution in [0, 0.1) is 12.8 Å². The fourth-order valence-corrected chi connectivity index (χ4v) is 7.22. The van der Waals surface area contributed by atoms with E-state index in [1.54, 1.807) is 11.8 Å². The fraction of sp³-hybridized carbons (Fsp3) is 0.500. The lowest BCUT2D eigenvalue weighted by molar-refractivity contribution is -0.140. The van der Waals surface area contributed by atoms with Crippen molar-refractivity contribution in [2.75, 3.05) is 26.2 Å². The summed E-state index contributed by atoms with van der Waals surface area (Å²) in [5, 5.41) is 16.1. The van der Waals surface area contributed by atoms with Crippen LogP contribution in [-0.2, 0) is 11.3 Å². The summed E-state index contributed by atoms with van der Waals surface area (Å²) < 4.78 is 4.36. The number of likely N-dealkylation sites (tertiary alicyclic amines) is 2. The number of aryl methyl sites for hydroxylation is 1. The molecule has 3 N–H and O–H groups in total. The molecule has 1 aliphatic carbocycles. The van der Waals surface area contributed by atoms with Crippen molar-refractivity contribution in [3.8, 4) is 11.4 Å². The van der Waals surface area contributed by atoms with Gasteiger partial charge in [0.25, 0.3) is 11.8 Å². The van der Waals surface area contributed by atoms with Crippen LogP contribution in [0.4, 0.5) is 0 Å². The van der Waals surface area contributed by atoms with Gasteiger partial charge < -0.3 is 25.2 Å². The number of para-hydroxylation sites is 1. The van der Waals surface area contributed by atoms with Crippen molar-refractivity contribution < 1.29 is 14.7 Å². The number of fused-ring (bicyclic) bond motifs is 2. The molecule has 0 bridgehead atoms. The largest absolute Gasteiger partial charge is 0.384 e. The Kier molecular flexibility index (Phi) is 7.26. The summed E-state index contributed by atoms with van der Waals surface area (Å²) in [5.41, 5.74) is 13.6. The number of nitrogens with zero attached hydrogens (tertiary/aromatic N) is 5. The number of aliphatic hydroxyl groups is 1. The Balaban J connectivity index is 1.25. The number of aliphatic hydroxyl groups excluding tert-OH is 1. The van der Waals surface area contributed by atoms with E-state index in [4.69, 9.17) is 10.8 Å². The van der Waals surface area contributed by atoms with Gasteiger partial charge in [-0.3, -0.25) is 9.59 Å². The van der Waals surface area contributed by atoms with Crippen LogP contribution >= 0.6 is 0 Å². The molecule has 2 aliphatic heterocycles. The first-order chi connectivity index (χ1) is 20.8. The number of hydrogen-bond acceptors (Lipinski definition) is 5. The summed E-state index contributed by atoms with van der Waals surface area (Å²) in [7, 11) is 0. The van der Waals surface area contributed by atoms with Gasteiger partial charge in [0, 0.05) is 55.9 Å². The molecule has 0 spiro atoms. The average molecular weight is 583 g/mol. The normalized spacial score (nSPS) is 20.7. The number of pyridine rings is 1. The maximum Gasteiger partial charge on any atom is 0.255 e. The highest BCUT2D eigenvalue weighted by Gasteiger charge is 2.31. The van der Waals surface area contributed by atoms with Crippen LogP contribution in [0.1, 0.15) is 72.9 Å². The van der Waals surface area contributed by atoms with Gasteiger partial charge in [-0.05, 0) is 88.0 Å². The summed E-state index contributed by atoms with van der Waals surface area (Å²) >= 11 is 0. The van der Waals surface area contributed by atoms with E-state index in [9.17, 15) is 14.7 Å². The smallest absolute Gasteiger partial charge is 0.255 e. The monoisotopic (exact) mass is 582 g/mol. The van der Waals surface area contributed by atoms with Crippen LogP contribution in [0.25, 0.3) is 27.8 Å². The van der Waals surface area contributed by atoms with E-state index in [0.29, 0.717) is 37.0 Å². The standard InChI is InChI=1S/C34H42N6O3/c1-21-29-11-10-26(34(43)38-14-4-6-27(35)20-38)19-40(29)36-31(21)30-17-25-5-3-7-28(32(25)39(30)18-23-8-9-23)24-12-15-37(16-13-24)33(42)22(2)41/h3,5,7,10-11,17,19,22-24,27,41H,4,6,8-9,12-16,18,20,35H2,1-2H3/t22?,27-/m1/s1. The molecule has 3 fully saturated rings. The number of benzene rings is 1. The number of piperidine rings is 2. The van der Waals surface area contributed by atoms with E-state index >= 15 is 0 Å². The predicted octanol–water partition coefficient (Wildman–Crippen LogP) is 4.32. The second-order valence-corrected chi connectivity index (χ2v) is 13.0. The number of rotatable bonds is 6. The molecule has 2 amide bonds. The lowest BCUT2D eigenvalue weighted by Crippen LogP contribution is -2.45. The number of aromatic nitrogens is 3. The van der Waals surface area contributed by atoms with E-state index in [0.717, 1.165) is 61.2 Å². The Bertz CT molecular complexity index is 1690. The summed E-state index contributed by atoms with van der Waals surface area (Å²) in [6.45, 7) is 7.30. The Labute approximate surface area is 252 Å². The van der Waals surface area contributed by atoms with E-state index in [2.05, 4.69) is 35.8 Å². The molecule has 2 atom stereocenters. The third kappa shape index (κ3) is 5.23. The van der Waals surface area contributed by atoms with Gasteiger partial charge >= 0.3 is 0 Å². The van der Waals surface area contributed by atoms with Crippen molar-refractivity contribution >= 4 is 28.2 Å². The third-order valence-corrected chi connectivity index (χ3v) is 9.80. The highest BCUT2D eigenvalue weighted by molar-refractivity contribution is 5.95. The Morgan fingerprint density at radius 3 is 2.56 bits per heavy atom. The molecule has 9 nitrogen and oxygen atoms in total. The zero-order valence-electron chi connectivity index (χ0n) is 25.2. The molecule has 3 aromatic heterocycles. The van der Waals surface area contributed by atoms with Gasteiger partial charge in [-0.2, -0.15) is 5.10 Å². The number of nitrogens with two attached hydrogens (primary N) is 1. The fourth-order valence-electron chi connectivity index (χ4n) is 7.22. The molecule has 1 aromatic carbocycles. The van der Waals surface area contributed by atoms with Gasteiger partial charge in [0.05, 0.1) is 22.3 Å². The molecule has 9 heteroatoms. The maximum atomic E-state index is 13.3. The topological polar surface area (TPSA) is 109 Å². The molecule has 4 aromatic rings. The van der Waals surface area contributed by atoms with Crippen LogP contribution in [0.5, 0.6) is 0 Å². The van der Waals surface area contributed by atoms with Gasteiger partial charge in [0.2, 0.25) is 0 Å². The molecule has 1 saturated carbocycles. The summed E-state index contributed by atoms with van der Waals surface area (Å²) in [4.78, 5) is 29.4. The molecule has 1 unspecified atom stereocenters. The Morgan fingerprint density at radius 2 is 1.84 bits per heavy atom. The molecular formula is C34H42N6O3. The van der Waals surface area contributed by atoms with Gasteiger partial charge in [0.15, 0.2) is 0 Å². The number of carbonyl (C=O) groups excluding carboxylic acids is 2. The highest BCUT2D eigenvalue weighted by atomic mass is 16.3. The molecule has 5 heterocycles. The van der Waals surface area contributed by atoms with Gasteiger partial charge in [-0.15, -0.1) is 0 Å². The van der Waals surface area contributed by atoms with Crippen molar-refractivity contribution in [2.24, 2.45) is 11.7 Å². The van der Waals surface area contributed by atoms with Crippen molar-refractivity contribution in [3.63, 3.8) is 0 Å². The van der Waals surface area contributed by atoms with Crippen molar-refractivity contribution in [3.05, 3.63) is 59.3 Å². The zero-order valence-corrected chi connectivity index (χ0v) is 25.2. The van der Waals surface area contributed by atoms with Crippen LogP contribution in [0.2, 0.25) is 0 Å². The maximum absolute atomic E-state index is 13.3. The Hall–Kier alpha value is -3.69. The summed E-state index contributed by atoms with van der Waals surface area (Å²) in [6, 6.07) is 12.9. The third-order valence-electron chi connectivity index (χ3n) is 9.80. The number of hydrogen-bond donors (Lipinski definition) is 2. The van der Waals surface area contributed by atoms with Crippen LogP contribution in [-0.4, -0.2) is 79.2 Å². The zero-order chi connectivity index (χ0) is 29.8. The molecule has 3 aliphatic rings. The van der Waals surface area contributed by atoms with Crippen LogP contribution < -0.4 is 5.73 Å². The first-order valence-electron chi connectivity index (χ1n) is 15.9. The minimum atomic E-state index is -0.954. The lowest BCUT2D eigenvalue weighted by Gasteiger charge is -2.33. The lowest BCUT2D eigenvalue weighted by atomic mass is 9.88. The Morgan fingerprint density at radius 1 is 1.05 bits per heavy atom. The van der Waals surface area contributed by atoms with Crippen molar-refractivity contribution in [1.29, 1.82) is 0 Å². The van der Waals surface area contributed by atoms with E-state index in [1.165, 1.54) is 29.3 Å². The quantitative estimate of drug-likeness (QED) is 0.352.